The van der Waals surface area contributed by atoms with Crippen LogP contribution in [-0.2, 0) is 6.18 Å². The molecule has 0 aliphatic carbocycles. The summed E-state index contributed by atoms with van der Waals surface area (Å²) in [5.41, 5.74) is 4.88. The van der Waals surface area contributed by atoms with Gasteiger partial charge in [0.05, 0.1) is 23.6 Å². The SMILES string of the molecule is NCCOc1cnn(-c2cccc(C(F)(F)F)c2)c1. The minimum atomic E-state index is -4.37. The predicted molar refractivity (Wildman–Crippen MR) is 63.1 cm³/mol. The number of hydrogen-bond donors (Lipinski definition) is 1. The minimum absolute atomic E-state index is 0.317. The molecule has 1 aromatic heterocycles. The van der Waals surface area contributed by atoms with Crippen LogP contribution in [0.25, 0.3) is 5.69 Å². The van der Waals surface area contributed by atoms with Gasteiger partial charge in [0.1, 0.15) is 6.61 Å². The van der Waals surface area contributed by atoms with E-state index in [2.05, 4.69) is 5.10 Å². The van der Waals surface area contributed by atoms with E-state index in [1.54, 1.807) is 0 Å². The third kappa shape index (κ3) is 3.25. The zero-order chi connectivity index (χ0) is 13.9. The molecule has 4 nitrogen and oxygen atoms in total. The summed E-state index contributed by atoms with van der Waals surface area (Å²) in [5, 5.41) is 3.95. The zero-order valence-electron chi connectivity index (χ0n) is 9.89. The van der Waals surface area contributed by atoms with Gasteiger partial charge in [-0.2, -0.15) is 18.3 Å². The van der Waals surface area contributed by atoms with Crippen LogP contribution < -0.4 is 10.5 Å². The Kier molecular flexibility index (Phi) is 3.75. The molecule has 0 aliphatic rings. The second-order valence-corrected chi connectivity index (χ2v) is 3.81. The Morgan fingerprint density at radius 1 is 1.32 bits per heavy atom. The van der Waals surface area contributed by atoms with Gasteiger partial charge in [-0.05, 0) is 18.2 Å². The molecule has 2 N–H and O–H groups in total. The van der Waals surface area contributed by atoms with Crippen molar-refractivity contribution in [2.45, 2.75) is 6.18 Å². The van der Waals surface area contributed by atoms with E-state index in [9.17, 15) is 13.2 Å². The Morgan fingerprint density at radius 3 is 2.79 bits per heavy atom. The van der Waals surface area contributed by atoms with Crippen LogP contribution in [0, 0.1) is 0 Å². The van der Waals surface area contributed by atoms with E-state index in [1.807, 2.05) is 0 Å². The smallest absolute Gasteiger partial charge is 0.416 e. The fraction of sp³-hybridized carbons (Fsp3) is 0.250. The first-order chi connectivity index (χ1) is 9.00. The Labute approximate surface area is 107 Å². The van der Waals surface area contributed by atoms with Crippen molar-refractivity contribution >= 4 is 0 Å². The molecule has 0 radical (unpaired) electrons. The lowest BCUT2D eigenvalue weighted by Crippen LogP contribution is -2.10. The predicted octanol–water partition coefficient (Wildman–Crippen LogP) is 2.23. The molecule has 0 atom stereocenters. The van der Waals surface area contributed by atoms with Gasteiger partial charge in [0.15, 0.2) is 5.75 Å². The third-order valence-corrected chi connectivity index (χ3v) is 2.38. The van der Waals surface area contributed by atoms with Crippen LogP contribution in [-0.4, -0.2) is 22.9 Å². The van der Waals surface area contributed by atoms with Gasteiger partial charge in [-0.3, -0.25) is 0 Å². The summed E-state index contributed by atoms with van der Waals surface area (Å²) in [5.74, 6) is 0.461. The highest BCUT2D eigenvalue weighted by molar-refractivity contribution is 5.37. The molecular weight excluding hydrogens is 259 g/mol. The van der Waals surface area contributed by atoms with Crippen LogP contribution in [0.1, 0.15) is 5.56 Å². The number of halogens is 3. The standard InChI is InChI=1S/C12H12F3N3O/c13-12(14,15)9-2-1-3-10(6-9)18-8-11(7-17-18)19-5-4-16/h1-3,6-8H,4-5,16H2. The van der Waals surface area contributed by atoms with Crippen LogP contribution in [0.3, 0.4) is 0 Å². The number of benzene rings is 1. The number of ether oxygens (including phenoxy) is 1. The summed E-state index contributed by atoms with van der Waals surface area (Å²) in [6.45, 7) is 0.684. The van der Waals surface area contributed by atoms with Gasteiger partial charge in [-0.1, -0.05) is 6.07 Å². The van der Waals surface area contributed by atoms with Gasteiger partial charge >= 0.3 is 6.18 Å². The van der Waals surface area contributed by atoms with Gasteiger partial charge in [0.2, 0.25) is 0 Å². The molecule has 0 saturated heterocycles. The first-order valence-electron chi connectivity index (χ1n) is 5.56. The van der Waals surface area contributed by atoms with E-state index in [0.717, 1.165) is 12.1 Å². The first kappa shape index (κ1) is 13.4. The molecule has 0 amide bonds. The summed E-state index contributed by atoms with van der Waals surface area (Å²) >= 11 is 0. The summed E-state index contributed by atoms with van der Waals surface area (Å²) in [6.07, 6.45) is -1.44. The molecule has 1 aromatic carbocycles. The highest BCUT2D eigenvalue weighted by Gasteiger charge is 2.30. The van der Waals surface area contributed by atoms with Crippen molar-refractivity contribution in [1.29, 1.82) is 0 Å². The highest BCUT2D eigenvalue weighted by Crippen LogP contribution is 2.30. The number of nitrogens with zero attached hydrogens (tertiary/aromatic N) is 2. The number of alkyl halides is 3. The first-order valence-corrected chi connectivity index (χ1v) is 5.56. The average Bonchev–Trinajstić information content (AvgIpc) is 2.84. The van der Waals surface area contributed by atoms with E-state index >= 15 is 0 Å². The van der Waals surface area contributed by atoms with E-state index in [1.165, 1.54) is 29.2 Å². The summed E-state index contributed by atoms with van der Waals surface area (Å²) < 4.78 is 44.3. The van der Waals surface area contributed by atoms with E-state index < -0.39 is 11.7 Å². The van der Waals surface area contributed by atoms with Gasteiger partial charge in [0, 0.05) is 6.54 Å². The number of hydrogen-bond acceptors (Lipinski definition) is 3. The second kappa shape index (κ2) is 5.31. The van der Waals surface area contributed by atoms with Crippen molar-refractivity contribution < 1.29 is 17.9 Å². The molecular formula is C12H12F3N3O. The maximum atomic E-state index is 12.6. The molecule has 1 heterocycles. The Bertz CT molecular complexity index is 551. The maximum Gasteiger partial charge on any atom is 0.416 e. The molecule has 2 aromatic rings. The molecule has 0 spiro atoms. The fourth-order valence-electron chi connectivity index (χ4n) is 1.52. The second-order valence-electron chi connectivity index (χ2n) is 3.81. The Hall–Kier alpha value is -2.02. The van der Waals surface area contributed by atoms with Crippen LogP contribution in [0.5, 0.6) is 5.75 Å². The quantitative estimate of drug-likeness (QED) is 0.927. The summed E-state index contributed by atoms with van der Waals surface area (Å²) in [7, 11) is 0. The topological polar surface area (TPSA) is 53.1 Å². The lowest BCUT2D eigenvalue weighted by Gasteiger charge is -2.08. The number of aromatic nitrogens is 2. The van der Waals surface area contributed by atoms with Crippen molar-refractivity contribution in [2.75, 3.05) is 13.2 Å². The van der Waals surface area contributed by atoms with E-state index in [0.29, 0.717) is 24.6 Å². The van der Waals surface area contributed by atoms with E-state index in [4.69, 9.17) is 10.5 Å². The molecule has 102 valence electrons. The number of nitrogens with two attached hydrogens (primary N) is 1. The lowest BCUT2D eigenvalue weighted by atomic mass is 10.2. The van der Waals surface area contributed by atoms with Gasteiger partial charge in [-0.25, -0.2) is 4.68 Å². The summed E-state index contributed by atoms with van der Waals surface area (Å²) in [4.78, 5) is 0. The highest BCUT2D eigenvalue weighted by atomic mass is 19.4. The van der Waals surface area contributed by atoms with Crippen LogP contribution in [0.15, 0.2) is 36.7 Å². The molecule has 0 unspecified atom stereocenters. The molecule has 0 bridgehead atoms. The van der Waals surface area contributed by atoms with Crippen molar-refractivity contribution in [2.24, 2.45) is 5.73 Å². The van der Waals surface area contributed by atoms with Crippen molar-refractivity contribution in [3.05, 3.63) is 42.2 Å². The molecule has 19 heavy (non-hydrogen) atoms. The number of rotatable bonds is 4. The molecule has 0 aliphatic heterocycles. The van der Waals surface area contributed by atoms with E-state index in [-0.39, 0.29) is 0 Å². The normalized spacial score (nSPS) is 11.6. The van der Waals surface area contributed by atoms with Crippen LogP contribution in [0.4, 0.5) is 13.2 Å². The van der Waals surface area contributed by atoms with Gasteiger partial charge < -0.3 is 10.5 Å². The molecule has 2 rings (SSSR count). The zero-order valence-corrected chi connectivity index (χ0v) is 9.89. The summed E-state index contributed by atoms with van der Waals surface area (Å²) in [6, 6.07) is 4.91. The van der Waals surface area contributed by atoms with Crippen molar-refractivity contribution in [1.82, 2.24) is 9.78 Å². The maximum absolute atomic E-state index is 12.6. The van der Waals surface area contributed by atoms with Gasteiger partial charge in [0.25, 0.3) is 0 Å². The van der Waals surface area contributed by atoms with Crippen molar-refractivity contribution in [3.8, 4) is 11.4 Å². The minimum Gasteiger partial charge on any atom is -0.489 e. The third-order valence-electron chi connectivity index (χ3n) is 2.38. The van der Waals surface area contributed by atoms with Crippen LogP contribution >= 0.6 is 0 Å². The Balaban J connectivity index is 2.24. The molecule has 0 saturated carbocycles. The lowest BCUT2D eigenvalue weighted by molar-refractivity contribution is -0.137. The van der Waals surface area contributed by atoms with Crippen molar-refractivity contribution in [3.63, 3.8) is 0 Å². The molecule has 7 heteroatoms. The Morgan fingerprint density at radius 2 is 2.11 bits per heavy atom. The largest absolute Gasteiger partial charge is 0.489 e. The fourth-order valence-corrected chi connectivity index (χ4v) is 1.52. The van der Waals surface area contributed by atoms with Crippen LogP contribution in [0.2, 0.25) is 0 Å². The molecule has 0 fully saturated rings. The monoisotopic (exact) mass is 271 g/mol. The van der Waals surface area contributed by atoms with Gasteiger partial charge in [-0.15, -0.1) is 0 Å². The average molecular weight is 271 g/mol.